The number of nitrogens with zero attached hydrogens (tertiary/aromatic N) is 2. The second-order valence-electron chi connectivity index (χ2n) is 5.28. The third kappa shape index (κ3) is 2.86. The number of rotatable bonds is 5. The molecule has 1 aliphatic heterocycles. The molecule has 0 radical (unpaired) electrons. The van der Waals surface area contributed by atoms with E-state index in [9.17, 15) is 24.5 Å². The van der Waals surface area contributed by atoms with E-state index in [1.807, 2.05) is 0 Å². The zero-order chi connectivity index (χ0) is 18.8. The Morgan fingerprint density at radius 3 is 2.42 bits per heavy atom. The largest absolute Gasteiger partial charge is 0.493 e. The maximum atomic E-state index is 12.4. The van der Waals surface area contributed by atoms with E-state index in [-0.39, 0.29) is 16.9 Å². The van der Waals surface area contributed by atoms with E-state index in [1.54, 1.807) is 18.2 Å². The summed E-state index contributed by atoms with van der Waals surface area (Å²) in [7, 11) is 1.40. The molecule has 0 saturated carbocycles. The Morgan fingerprint density at radius 2 is 1.77 bits per heavy atom. The molecule has 0 bridgehead atoms. The normalized spacial score (nSPS) is 12.7. The van der Waals surface area contributed by atoms with Crippen LogP contribution in [0.15, 0.2) is 42.5 Å². The van der Waals surface area contributed by atoms with Crippen molar-refractivity contribution in [3.8, 4) is 11.5 Å². The predicted molar refractivity (Wildman–Crippen MR) is 87.1 cm³/mol. The molecule has 0 N–H and O–H groups in total. The molecule has 0 fully saturated rings. The topological polar surface area (TPSA) is 116 Å². The summed E-state index contributed by atoms with van der Waals surface area (Å²) >= 11 is 0. The van der Waals surface area contributed by atoms with E-state index >= 15 is 0 Å². The van der Waals surface area contributed by atoms with Crippen LogP contribution < -0.4 is 9.47 Å². The van der Waals surface area contributed by atoms with E-state index < -0.39 is 34.9 Å². The second-order valence-corrected chi connectivity index (χ2v) is 5.28. The summed E-state index contributed by atoms with van der Waals surface area (Å²) in [5.74, 6) is -2.15. The van der Waals surface area contributed by atoms with Crippen molar-refractivity contribution in [2.24, 2.45) is 0 Å². The number of ether oxygens (including phenoxy) is 2. The number of esters is 1. The Balaban J connectivity index is 1.82. The van der Waals surface area contributed by atoms with Gasteiger partial charge in [0, 0.05) is 6.07 Å². The van der Waals surface area contributed by atoms with Gasteiger partial charge in [-0.3, -0.25) is 24.6 Å². The molecule has 132 valence electrons. The van der Waals surface area contributed by atoms with Crippen LogP contribution in [-0.4, -0.2) is 41.3 Å². The van der Waals surface area contributed by atoms with Gasteiger partial charge in [0.05, 0.1) is 17.6 Å². The van der Waals surface area contributed by atoms with Gasteiger partial charge in [0.15, 0.2) is 11.5 Å². The van der Waals surface area contributed by atoms with Crippen LogP contribution in [0.4, 0.5) is 5.69 Å². The first-order chi connectivity index (χ1) is 12.4. The average Bonchev–Trinajstić information content (AvgIpc) is 2.87. The molecule has 0 aliphatic carbocycles. The zero-order valence-corrected chi connectivity index (χ0v) is 13.5. The van der Waals surface area contributed by atoms with Gasteiger partial charge in [0.2, 0.25) is 0 Å². The molecule has 3 rings (SSSR count). The number of carbonyl (C=O) groups excluding carboxylic acids is 3. The number of carbonyl (C=O) groups is 3. The molecule has 0 atom stereocenters. The van der Waals surface area contributed by atoms with Crippen LogP contribution in [0.5, 0.6) is 11.5 Å². The molecule has 9 nitrogen and oxygen atoms in total. The van der Waals surface area contributed by atoms with Crippen LogP contribution in [0.3, 0.4) is 0 Å². The first-order valence-electron chi connectivity index (χ1n) is 7.41. The summed E-state index contributed by atoms with van der Waals surface area (Å²) < 4.78 is 10.2. The van der Waals surface area contributed by atoms with Gasteiger partial charge >= 0.3 is 5.97 Å². The third-order valence-corrected chi connectivity index (χ3v) is 3.75. The van der Waals surface area contributed by atoms with Gasteiger partial charge in [0.1, 0.15) is 12.1 Å². The average molecular weight is 356 g/mol. The molecule has 2 aromatic rings. The number of para-hydroxylation sites is 2. The summed E-state index contributed by atoms with van der Waals surface area (Å²) in [5, 5.41) is 11.1. The summed E-state index contributed by atoms with van der Waals surface area (Å²) in [6.07, 6.45) is 0. The fourth-order valence-electron chi connectivity index (χ4n) is 2.60. The van der Waals surface area contributed by atoms with E-state index in [4.69, 9.17) is 9.47 Å². The Morgan fingerprint density at radius 1 is 1.08 bits per heavy atom. The standard InChI is InChI=1S/C17H12N2O7/c1-25-12-7-2-3-8-13(12)26-14(20)9-18-16(21)10-5-4-6-11(19(23)24)15(10)17(18)22/h2-8H,9H2,1H3. The number of hydrogen-bond donors (Lipinski definition) is 0. The molecule has 1 heterocycles. The van der Waals surface area contributed by atoms with Gasteiger partial charge in [-0.1, -0.05) is 18.2 Å². The fourth-order valence-corrected chi connectivity index (χ4v) is 2.60. The van der Waals surface area contributed by atoms with Crippen LogP contribution in [0.2, 0.25) is 0 Å². The molecule has 0 spiro atoms. The van der Waals surface area contributed by atoms with Crippen molar-refractivity contribution in [2.45, 2.75) is 0 Å². The van der Waals surface area contributed by atoms with Crippen molar-refractivity contribution in [3.63, 3.8) is 0 Å². The van der Waals surface area contributed by atoms with Gasteiger partial charge in [-0.25, -0.2) is 4.79 Å². The lowest BCUT2D eigenvalue weighted by molar-refractivity contribution is -0.385. The van der Waals surface area contributed by atoms with Crippen molar-refractivity contribution in [1.82, 2.24) is 4.90 Å². The molecular weight excluding hydrogens is 344 g/mol. The van der Waals surface area contributed by atoms with Crippen LogP contribution in [0, 0.1) is 10.1 Å². The van der Waals surface area contributed by atoms with Crippen molar-refractivity contribution in [1.29, 1.82) is 0 Å². The highest BCUT2D eigenvalue weighted by Crippen LogP contribution is 2.31. The monoisotopic (exact) mass is 356 g/mol. The number of nitro benzene ring substituents is 1. The van der Waals surface area contributed by atoms with E-state index in [0.717, 1.165) is 6.07 Å². The third-order valence-electron chi connectivity index (χ3n) is 3.75. The maximum absolute atomic E-state index is 12.4. The highest BCUT2D eigenvalue weighted by atomic mass is 16.6. The van der Waals surface area contributed by atoms with Gasteiger partial charge < -0.3 is 9.47 Å². The summed E-state index contributed by atoms with van der Waals surface area (Å²) in [5.41, 5.74) is -0.927. The summed E-state index contributed by atoms with van der Waals surface area (Å²) in [4.78, 5) is 47.8. The lowest BCUT2D eigenvalue weighted by Crippen LogP contribution is -2.36. The Hall–Kier alpha value is -3.75. The van der Waals surface area contributed by atoms with E-state index in [2.05, 4.69) is 0 Å². The van der Waals surface area contributed by atoms with Crippen molar-refractivity contribution in [2.75, 3.05) is 13.7 Å². The lowest BCUT2D eigenvalue weighted by Gasteiger charge is -2.13. The fraction of sp³-hybridized carbons (Fsp3) is 0.118. The minimum Gasteiger partial charge on any atom is -0.493 e. The first kappa shape index (κ1) is 17.1. The number of nitro groups is 1. The summed E-state index contributed by atoms with van der Waals surface area (Å²) in [6.45, 7) is -0.679. The minimum absolute atomic E-state index is 0.116. The predicted octanol–water partition coefficient (Wildman–Crippen LogP) is 1.80. The smallest absolute Gasteiger partial charge is 0.331 e. The van der Waals surface area contributed by atoms with E-state index in [1.165, 1.54) is 25.3 Å². The first-order valence-corrected chi connectivity index (χ1v) is 7.41. The van der Waals surface area contributed by atoms with Crippen molar-refractivity contribution < 1.29 is 28.8 Å². The quantitative estimate of drug-likeness (QED) is 0.264. The Labute approximate surface area is 146 Å². The van der Waals surface area contributed by atoms with Crippen LogP contribution in [0.25, 0.3) is 0 Å². The lowest BCUT2D eigenvalue weighted by atomic mass is 10.1. The van der Waals surface area contributed by atoms with Crippen LogP contribution >= 0.6 is 0 Å². The number of fused-ring (bicyclic) bond motifs is 1. The minimum atomic E-state index is -0.908. The van der Waals surface area contributed by atoms with Gasteiger partial charge in [-0.05, 0) is 18.2 Å². The molecular formula is C17H12N2O7. The number of benzene rings is 2. The molecule has 2 aromatic carbocycles. The highest BCUT2D eigenvalue weighted by molar-refractivity contribution is 6.24. The SMILES string of the molecule is COc1ccccc1OC(=O)CN1C(=O)c2cccc([N+](=O)[O-])c2C1=O. The van der Waals surface area contributed by atoms with Crippen LogP contribution in [0.1, 0.15) is 20.7 Å². The number of imide groups is 1. The Bertz CT molecular complexity index is 938. The van der Waals surface area contributed by atoms with Gasteiger partial charge in [-0.2, -0.15) is 0 Å². The molecule has 0 saturated heterocycles. The molecule has 2 amide bonds. The molecule has 1 aliphatic rings. The Kier molecular flexibility index (Phi) is 4.36. The second kappa shape index (κ2) is 6.63. The van der Waals surface area contributed by atoms with Crippen molar-refractivity contribution >= 4 is 23.5 Å². The summed E-state index contributed by atoms with van der Waals surface area (Å²) in [6, 6.07) is 10.1. The molecule has 26 heavy (non-hydrogen) atoms. The number of methoxy groups -OCH3 is 1. The van der Waals surface area contributed by atoms with Gasteiger partial charge in [-0.15, -0.1) is 0 Å². The van der Waals surface area contributed by atoms with E-state index in [0.29, 0.717) is 10.6 Å². The molecule has 9 heteroatoms. The molecule has 0 aromatic heterocycles. The van der Waals surface area contributed by atoms with Gasteiger partial charge in [0.25, 0.3) is 17.5 Å². The zero-order valence-electron chi connectivity index (χ0n) is 13.5. The maximum Gasteiger partial charge on any atom is 0.331 e. The van der Waals surface area contributed by atoms with Crippen LogP contribution in [-0.2, 0) is 4.79 Å². The molecule has 0 unspecified atom stereocenters. The number of amides is 2. The number of hydrogen-bond acceptors (Lipinski definition) is 7. The highest BCUT2D eigenvalue weighted by Gasteiger charge is 2.42. The van der Waals surface area contributed by atoms with Crippen molar-refractivity contribution in [3.05, 3.63) is 63.7 Å².